The number of nitro groups is 1. The van der Waals surface area contributed by atoms with Crippen molar-refractivity contribution in [3.8, 4) is 0 Å². The number of nitrogens with zero attached hydrogens (tertiary/aromatic N) is 2. The third kappa shape index (κ3) is 2.73. The molecular weight excluding hydrogens is 322 g/mol. The van der Waals surface area contributed by atoms with Crippen LogP contribution in [0.2, 0.25) is 0 Å². The molecule has 4 rings (SSSR count). The molecule has 3 saturated heterocycles. The Morgan fingerprint density at radius 1 is 1.40 bits per heavy atom. The van der Waals surface area contributed by atoms with Gasteiger partial charge in [0.1, 0.15) is 0 Å². The predicted octanol–water partition coefficient (Wildman–Crippen LogP) is 2.54. The number of benzene rings is 1. The first-order valence-corrected chi connectivity index (χ1v) is 7.82. The molecule has 3 fully saturated rings. The Kier molecular flexibility index (Phi) is 4.05. The summed E-state index contributed by atoms with van der Waals surface area (Å²) in [6, 6.07) is 5.73. The highest BCUT2D eigenvalue weighted by Gasteiger charge is 2.33. The number of halogens is 1. The van der Waals surface area contributed by atoms with Crippen molar-refractivity contribution in [1.29, 1.82) is 0 Å². The van der Waals surface area contributed by atoms with E-state index >= 15 is 0 Å². The van der Waals surface area contributed by atoms with Gasteiger partial charge in [-0.3, -0.25) is 10.1 Å². The molecule has 0 aliphatic carbocycles. The van der Waals surface area contributed by atoms with E-state index in [1.807, 2.05) is 6.07 Å². The molecule has 3 aliphatic heterocycles. The lowest BCUT2D eigenvalue weighted by atomic mass is 9.84. The summed E-state index contributed by atoms with van der Waals surface area (Å²) < 4.78 is 0.596. The summed E-state index contributed by atoms with van der Waals surface area (Å²) in [5.41, 5.74) is 1.09. The molecule has 3 aliphatic rings. The number of rotatable bonds is 4. The topological polar surface area (TPSA) is 58.4 Å². The fourth-order valence-corrected chi connectivity index (χ4v) is 3.83. The highest BCUT2D eigenvalue weighted by atomic mass is 79.9. The van der Waals surface area contributed by atoms with Crippen molar-refractivity contribution in [1.82, 2.24) is 10.2 Å². The summed E-state index contributed by atoms with van der Waals surface area (Å²) in [7, 11) is 0. The summed E-state index contributed by atoms with van der Waals surface area (Å²) in [6.07, 6.45) is 2.54. The highest BCUT2D eigenvalue weighted by Crippen LogP contribution is 2.30. The van der Waals surface area contributed by atoms with E-state index in [-0.39, 0.29) is 10.6 Å². The van der Waals surface area contributed by atoms with Crippen molar-refractivity contribution >= 4 is 21.6 Å². The maximum atomic E-state index is 10.9. The van der Waals surface area contributed by atoms with Crippen molar-refractivity contribution < 1.29 is 4.92 Å². The van der Waals surface area contributed by atoms with Crippen molar-refractivity contribution in [2.45, 2.75) is 25.4 Å². The zero-order valence-electron chi connectivity index (χ0n) is 11.2. The molecule has 1 unspecified atom stereocenters. The minimum absolute atomic E-state index is 0.137. The average Bonchev–Trinajstić information content (AvgIpc) is 2.47. The number of fused-ring (bicyclic) bond motifs is 3. The second-order valence-electron chi connectivity index (χ2n) is 5.63. The summed E-state index contributed by atoms with van der Waals surface area (Å²) in [6.45, 7) is 4.24. The van der Waals surface area contributed by atoms with Gasteiger partial charge < -0.3 is 10.2 Å². The van der Waals surface area contributed by atoms with Gasteiger partial charge >= 0.3 is 0 Å². The fourth-order valence-electron chi connectivity index (χ4n) is 3.28. The van der Waals surface area contributed by atoms with Crippen LogP contribution in [0, 0.1) is 16.0 Å². The quantitative estimate of drug-likeness (QED) is 0.676. The van der Waals surface area contributed by atoms with Crippen LogP contribution in [-0.4, -0.2) is 35.5 Å². The maximum Gasteiger partial charge on any atom is 0.283 e. The highest BCUT2D eigenvalue weighted by molar-refractivity contribution is 9.10. The molecule has 0 spiro atoms. The Bertz CT molecular complexity index is 515. The van der Waals surface area contributed by atoms with Crippen LogP contribution in [0.1, 0.15) is 18.4 Å². The van der Waals surface area contributed by atoms with Gasteiger partial charge in [0.15, 0.2) is 0 Å². The van der Waals surface area contributed by atoms with E-state index in [0.717, 1.165) is 18.0 Å². The van der Waals surface area contributed by atoms with Crippen molar-refractivity contribution in [3.05, 3.63) is 38.3 Å². The van der Waals surface area contributed by atoms with Gasteiger partial charge in [-0.2, -0.15) is 0 Å². The van der Waals surface area contributed by atoms with Crippen molar-refractivity contribution in [3.63, 3.8) is 0 Å². The lowest BCUT2D eigenvalue weighted by Gasteiger charge is -2.45. The Morgan fingerprint density at radius 2 is 2.15 bits per heavy atom. The van der Waals surface area contributed by atoms with E-state index < -0.39 is 0 Å². The van der Waals surface area contributed by atoms with Crippen LogP contribution in [0.5, 0.6) is 0 Å². The molecule has 6 heteroatoms. The van der Waals surface area contributed by atoms with Gasteiger partial charge in [0.25, 0.3) is 5.69 Å². The SMILES string of the molecule is O=[N+]([O-])c1cccc(CNC2CN3CCC2CC3)c1Br. The monoisotopic (exact) mass is 339 g/mol. The van der Waals surface area contributed by atoms with E-state index in [2.05, 4.69) is 26.1 Å². The first-order valence-electron chi connectivity index (χ1n) is 7.02. The first-order chi connectivity index (χ1) is 9.65. The lowest BCUT2D eigenvalue weighted by molar-refractivity contribution is -0.385. The zero-order valence-corrected chi connectivity index (χ0v) is 12.8. The Morgan fingerprint density at radius 3 is 2.75 bits per heavy atom. The van der Waals surface area contributed by atoms with E-state index in [9.17, 15) is 10.1 Å². The van der Waals surface area contributed by atoms with Crippen LogP contribution in [0.3, 0.4) is 0 Å². The first kappa shape index (κ1) is 14.0. The molecule has 1 N–H and O–H groups in total. The molecule has 0 radical (unpaired) electrons. The normalized spacial score (nSPS) is 28.6. The van der Waals surface area contributed by atoms with E-state index in [0.29, 0.717) is 17.1 Å². The number of hydrogen-bond acceptors (Lipinski definition) is 4. The summed E-state index contributed by atoms with van der Waals surface area (Å²) >= 11 is 3.36. The molecular formula is C14H18BrN3O2. The predicted molar refractivity (Wildman–Crippen MR) is 80.6 cm³/mol. The van der Waals surface area contributed by atoms with Gasteiger partial charge in [0.2, 0.25) is 0 Å². The Labute approximate surface area is 126 Å². The Balaban J connectivity index is 1.67. The lowest BCUT2D eigenvalue weighted by Crippen LogP contribution is -2.55. The minimum atomic E-state index is -0.345. The van der Waals surface area contributed by atoms with Crippen molar-refractivity contribution in [2.75, 3.05) is 19.6 Å². The van der Waals surface area contributed by atoms with E-state index in [1.54, 1.807) is 6.07 Å². The third-order valence-corrected chi connectivity index (χ3v) is 5.38. The van der Waals surface area contributed by atoms with Crippen molar-refractivity contribution in [2.24, 2.45) is 5.92 Å². The van der Waals surface area contributed by atoms with Gasteiger partial charge in [0.05, 0.1) is 9.40 Å². The van der Waals surface area contributed by atoms with Gasteiger partial charge in [-0.05, 0) is 53.3 Å². The van der Waals surface area contributed by atoms with Crippen LogP contribution in [0.4, 0.5) is 5.69 Å². The molecule has 1 aromatic rings. The van der Waals surface area contributed by atoms with Crippen LogP contribution < -0.4 is 5.32 Å². The molecule has 5 nitrogen and oxygen atoms in total. The molecule has 108 valence electrons. The standard InChI is InChI=1S/C14H18BrN3O2/c15-14-11(2-1-3-13(14)18(19)20)8-16-12-9-17-6-4-10(12)5-7-17/h1-3,10,12,16H,4-9H2. The zero-order chi connectivity index (χ0) is 14.1. The fraction of sp³-hybridized carbons (Fsp3) is 0.571. The number of piperidine rings is 3. The largest absolute Gasteiger partial charge is 0.308 e. The van der Waals surface area contributed by atoms with Gasteiger partial charge in [0, 0.05) is 25.2 Å². The van der Waals surface area contributed by atoms with Gasteiger partial charge in [-0.25, -0.2) is 0 Å². The molecule has 0 saturated carbocycles. The van der Waals surface area contributed by atoms with E-state index in [4.69, 9.17) is 0 Å². The van der Waals surface area contributed by atoms with E-state index in [1.165, 1.54) is 32.0 Å². The van der Waals surface area contributed by atoms with Gasteiger partial charge in [-0.15, -0.1) is 0 Å². The molecule has 3 heterocycles. The second kappa shape index (κ2) is 5.79. The van der Waals surface area contributed by atoms with Crippen LogP contribution in [-0.2, 0) is 6.54 Å². The molecule has 2 bridgehead atoms. The second-order valence-corrected chi connectivity index (χ2v) is 6.43. The van der Waals surface area contributed by atoms with Crippen LogP contribution in [0.15, 0.2) is 22.7 Å². The van der Waals surface area contributed by atoms with Gasteiger partial charge in [-0.1, -0.05) is 12.1 Å². The molecule has 1 aromatic carbocycles. The summed E-state index contributed by atoms with van der Waals surface area (Å²) in [4.78, 5) is 13.1. The number of nitro benzene ring substituents is 1. The third-order valence-electron chi connectivity index (χ3n) is 4.47. The van der Waals surface area contributed by atoms with Crippen LogP contribution >= 0.6 is 15.9 Å². The number of nitrogens with one attached hydrogen (secondary N) is 1. The Hall–Kier alpha value is -0.980. The maximum absolute atomic E-state index is 10.9. The molecule has 20 heavy (non-hydrogen) atoms. The number of hydrogen-bond donors (Lipinski definition) is 1. The summed E-state index contributed by atoms with van der Waals surface area (Å²) in [5, 5.41) is 14.5. The molecule has 1 atom stereocenters. The summed E-state index contributed by atoms with van der Waals surface area (Å²) in [5.74, 6) is 0.762. The molecule has 0 amide bonds. The minimum Gasteiger partial charge on any atom is -0.308 e. The smallest absolute Gasteiger partial charge is 0.283 e. The average molecular weight is 340 g/mol. The molecule has 0 aromatic heterocycles. The van der Waals surface area contributed by atoms with Crippen LogP contribution in [0.25, 0.3) is 0 Å².